The average Bonchev–Trinajstić information content (AvgIpc) is 0.871. The fourth-order valence-corrected chi connectivity index (χ4v) is 8.16. The number of aromatic nitrogens is 8. The summed E-state index contributed by atoms with van der Waals surface area (Å²) in [6.45, 7) is 33.3. The Morgan fingerprint density at radius 3 is 0.383 bits per heavy atom. The molecule has 0 atom stereocenters. The molecule has 8 aromatic heterocycles. The molecule has 8 heterocycles. The van der Waals surface area contributed by atoms with Crippen LogP contribution in [0.15, 0.2) is 244 Å². The second-order valence-corrected chi connectivity index (χ2v) is 26.6. The summed E-state index contributed by atoms with van der Waals surface area (Å²) in [5.41, 5.74) is 9.04. The monoisotopic (exact) mass is 1860 g/mol. The van der Waals surface area contributed by atoms with E-state index in [0.717, 1.165) is 97.9 Å². The third-order valence-corrected chi connectivity index (χ3v) is 13.8. The van der Waals surface area contributed by atoms with E-state index in [2.05, 4.69) is 191 Å². The van der Waals surface area contributed by atoms with E-state index in [-0.39, 0.29) is 132 Å². The van der Waals surface area contributed by atoms with Gasteiger partial charge < -0.3 is 123 Å². The zero-order valence-corrected chi connectivity index (χ0v) is 72.2. The number of rotatable bonds is 24. The maximum absolute atomic E-state index is 9.41. The van der Waals surface area contributed by atoms with Crippen LogP contribution in [-0.2, 0) is 179 Å². The van der Waals surface area contributed by atoms with E-state index in [4.69, 9.17) is 0 Å². The van der Waals surface area contributed by atoms with Crippen molar-refractivity contribution in [3.8, 4) is 0 Å². The first-order chi connectivity index (χ1) is 50.7. The van der Waals surface area contributed by atoms with Crippen molar-refractivity contribution in [2.45, 2.75) is 158 Å². The van der Waals surface area contributed by atoms with Crippen molar-refractivity contribution in [2.75, 3.05) is 0 Å². The van der Waals surface area contributed by atoms with Crippen LogP contribution in [0, 0.1) is 0 Å². The van der Waals surface area contributed by atoms with Gasteiger partial charge in [0, 0.05) is 124 Å². The van der Waals surface area contributed by atoms with Crippen molar-refractivity contribution in [1.29, 1.82) is 0 Å². The third kappa shape index (κ3) is 72.6. The average molecular weight is 1860 g/mol. The van der Waals surface area contributed by atoms with Gasteiger partial charge in [-0.15, -0.1) is 0 Å². The molecule has 0 aliphatic heterocycles. The van der Waals surface area contributed by atoms with Gasteiger partial charge in [0.1, 0.15) is 0 Å². The van der Waals surface area contributed by atoms with E-state index in [0.29, 0.717) is 48.6 Å². The molecule has 8 rings (SSSR count). The van der Waals surface area contributed by atoms with E-state index in [1.807, 2.05) is 147 Å². The van der Waals surface area contributed by atoms with E-state index in [1.54, 1.807) is 0 Å². The Morgan fingerprint density at radius 1 is 0.233 bits per heavy atom. The van der Waals surface area contributed by atoms with Crippen LogP contribution >= 0.6 is 0 Å². The van der Waals surface area contributed by atoms with Crippen LogP contribution in [0.1, 0.15) is 129 Å². The summed E-state index contributed by atoms with van der Waals surface area (Å²) in [5.74, 6) is -12.4. The molecule has 0 saturated heterocycles. The predicted molar refractivity (Wildman–Crippen MR) is 420 cm³/mol. The Kier molecular flexibility index (Phi) is 84.3. The number of carboxylic acid groups (broad SMARTS) is 8. The van der Waals surface area contributed by atoms with Gasteiger partial charge in [0.15, 0.2) is 0 Å². The molecule has 36 nitrogen and oxygen atoms in total. The predicted octanol–water partition coefficient (Wildman–Crippen LogP) is -5.72. The smallest absolute Gasteiger partial charge is 0.545 e. The molecule has 0 fully saturated rings. The van der Waals surface area contributed by atoms with Crippen LogP contribution in [0.2, 0.25) is 0 Å². The van der Waals surface area contributed by atoms with Crippen molar-refractivity contribution < 1.29 is 189 Å². The molecule has 0 unspecified atom stereocenters. The first-order valence-corrected chi connectivity index (χ1v) is 33.3. The zero-order chi connectivity index (χ0) is 81.1. The fourth-order valence-electron chi connectivity index (χ4n) is 8.16. The quantitative estimate of drug-likeness (QED) is 0.0309. The van der Waals surface area contributed by atoms with Gasteiger partial charge in [-0.3, -0.25) is 59.5 Å². The molecular weight excluding hydrogens is 1750 g/mol. The summed E-state index contributed by atoms with van der Waals surface area (Å²) >= 11 is 0. The van der Waals surface area contributed by atoms with Gasteiger partial charge in [0.2, 0.25) is 0 Å². The Labute approximate surface area is 738 Å². The summed E-state index contributed by atoms with van der Waals surface area (Å²) in [6, 6.07) is 48.4. The van der Waals surface area contributed by atoms with E-state index in [1.165, 1.54) is 0 Å². The summed E-state index contributed by atoms with van der Waals surface area (Å²) in [7, 11) is 0. The molecule has 40 heteroatoms. The molecule has 0 aliphatic carbocycles. The van der Waals surface area contributed by atoms with E-state index >= 15 is 0 Å². The molecule has 8 aromatic rings. The molecule has 20 N–H and O–H groups in total. The zero-order valence-electron chi connectivity index (χ0n) is 68.2. The number of hydrogen-bond donors (Lipinski definition) is 0. The number of aliphatic carboxylic acids is 8. The minimum atomic E-state index is -1.55. The number of carbonyl (C=O) groups is 8. The number of hydrogen-bond acceptors (Lipinski definition) is 28. The summed E-state index contributed by atoms with van der Waals surface area (Å²) in [4.78, 5) is 120. The molecule has 2 radical (unpaired) electrons. The Hall–Kier alpha value is -10.6. The molecular formula is C80H112N12Ni4O24+6. The molecule has 0 saturated carbocycles. The van der Waals surface area contributed by atoms with Crippen LogP contribution < -0.4 is 40.9 Å². The van der Waals surface area contributed by atoms with Gasteiger partial charge in [-0.1, -0.05) is 48.5 Å². The van der Waals surface area contributed by atoms with Crippen molar-refractivity contribution >= 4 is 47.8 Å². The Balaban J connectivity index is -0.000000113. The van der Waals surface area contributed by atoms with Gasteiger partial charge in [0.05, 0.1) is 93.3 Å². The second kappa shape index (κ2) is 74.7. The molecule has 670 valence electrons. The van der Waals surface area contributed by atoms with E-state index < -0.39 is 47.8 Å². The summed E-state index contributed by atoms with van der Waals surface area (Å²) in [6.07, 6.45) is 17.8. The van der Waals surface area contributed by atoms with Crippen LogP contribution in [0.5, 0.6) is 0 Å². The second-order valence-electron chi connectivity index (χ2n) is 26.6. The SMILES string of the molecule is CC(C)(C)N(Cc1ccccn1)Cc1ccccn1.CC(C)(C)N(Cc1ccccn1)Cc1ccccn1.CC(C)(C)N(Cc1ccccn1)Cc1ccccn1.CC(C)(C)N(Cc1ccccn1)Cc1ccccn1.O.O.O.O.O=C([O-])/C=C/C(=O)[O-].O=C([O-])/C=C/C(=O)[O-].O=C([O-])/C=C/C(=O)[O-].O=C([O-])/C=C/C(=O)[O-].[Ni+2].[Ni+2].[Ni+3].[Ni+3].[OH3+].[OH3+].[OH3+].[OH3+]. The van der Waals surface area contributed by atoms with Crippen LogP contribution in [0.3, 0.4) is 0 Å². The number of nitrogens with zero attached hydrogens (tertiary/aromatic N) is 12. The topological polar surface area (TPSA) is 695 Å². The first kappa shape index (κ1) is 136. The fraction of sp³-hybridized carbons (Fsp3) is 0.300. The van der Waals surface area contributed by atoms with Crippen molar-refractivity contribution in [1.82, 2.24) is 59.5 Å². The maximum Gasteiger partial charge on any atom is 3.00 e. The molecule has 120 heavy (non-hydrogen) atoms. The normalized spacial score (nSPS) is 10.0. The van der Waals surface area contributed by atoms with Gasteiger partial charge in [-0.2, -0.15) is 0 Å². The van der Waals surface area contributed by atoms with Gasteiger partial charge in [-0.25, -0.2) is 0 Å². The third-order valence-electron chi connectivity index (χ3n) is 13.8. The van der Waals surface area contributed by atoms with Gasteiger partial charge in [0.25, 0.3) is 0 Å². The number of carbonyl (C=O) groups excluding carboxylic acids is 8. The van der Waals surface area contributed by atoms with Crippen LogP contribution in [0.4, 0.5) is 0 Å². The standard InChI is InChI=1S/4C16H21N3.4C4H4O4.4Ni.8H2O/c4*1-16(2,3)19(12-14-8-4-6-10-17-14)13-15-9-5-7-11-18-15;4*5-3(6)1-2-4(7)8;;;;;;;;;;;;/h4*4-11H,12-13H2,1-3H3;4*1-2H,(H,5,6)(H,7,8);;;;;8*1H2/q;;;;;;;;2*+2;2*+3;;;;;;;;/p-4/b;;;;4*2-1+;;;;;;;;;;;;. The largest absolute Gasteiger partial charge is 3.00 e. The maximum atomic E-state index is 9.41. The van der Waals surface area contributed by atoms with E-state index in [9.17, 15) is 79.2 Å². The first-order valence-electron chi connectivity index (χ1n) is 33.3. The van der Waals surface area contributed by atoms with Crippen LogP contribution in [0.25, 0.3) is 0 Å². The van der Waals surface area contributed by atoms with Crippen molar-refractivity contribution in [2.24, 2.45) is 0 Å². The Morgan fingerprint density at radius 2 is 0.325 bits per heavy atom. The van der Waals surface area contributed by atoms with Crippen molar-refractivity contribution in [3.63, 3.8) is 0 Å². The minimum absolute atomic E-state index is 0. The molecule has 0 bridgehead atoms. The number of carboxylic acids is 8. The Bertz CT molecular complexity index is 3300. The van der Waals surface area contributed by atoms with Crippen LogP contribution in [-0.4, -0.2) is 151 Å². The summed E-state index contributed by atoms with van der Waals surface area (Å²) < 4.78 is 0. The van der Waals surface area contributed by atoms with Gasteiger partial charge >= 0.3 is 66.0 Å². The number of pyridine rings is 8. The minimum Gasteiger partial charge on any atom is -0.545 e. The molecule has 0 amide bonds. The van der Waals surface area contributed by atoms with Crippen molar-refractivity contribution in [3.05, 3.63) is 289 Å². The molecule has 0 spiro atoms. The molecule has 0 aromatic carbocycles. The summed E-state index contributed by atoms with van der Waals surface area (Å²) in [5, 5.41) is 75.3. The molecule has 0 aliphatic rings. The van der Waals surface area contributed by atoms with Gasteiger partial charge in [-0.05, 0) is 229 Å².